The fourth-order valence-corrected chi connectivity index (χ4v) is 0.547. The summed E-state index contributed by atoms with van der Waals surface area (Å²) in [5, 5.41) is 8.56. The zero-order valence-electron chi connectivity index (χ0n) is 6.26. The Labute approximate surface area is 60.6 Å². The van der Waals surface area contributed by atoms with E-state index in [4.69, 9.17) is 10.8 Å². The topological polar surface area (TPSA) is 58.6 Å². The summed E-state index contributed by atoms with van der Waals surface area (Å²) in [6, 6.07) is 0. The van der Waals surface area contributed by atoms with Gasteiger partial charge in [0.25, 0.3) is 0 Å². The Morgan fingerprint density at radius 3 is 2.40 bits per heavy atom. The lowest BCUT2D eigenvalue weighted by Gasteiger charge is -1.91. The van der Waals surface area contributed by atoms with Crippen molar-refractivity contribution in [2.24, 2.45) is 10.7 Å². The standard InChI is InChI=1S/C7H12N2O/c1-5(2)9-6(3)4-7(8)10/h4,10H,1,8H2,2-3H3/b7-4+,9-6-. The average molecular weight is 140 g/mol. The summed E-state index contributed by atoms with van der Waals surface area (Å²) in [6.45, 7) is 7.07. The number of nitrogens with two attached hydrogens (primary N) is 1. The van der Waals surface area contributed by atoms with Gasteiger partial charge in [-0.3, -0.25) is 4.99 Å². The first-order valence-corrected chi connectivity index (χ1v) is 2.89. The molecule has 56 valence electrons. The van der Waals surface area contributed by atoms with Gasteiger partial charge in [-0.2, -0.15) is 0 Å². The van der Waals surface area contributed by atoms with Gasteiger partial charge in [0.1, 0.15) is 0 Å². The van der Waals surface area contributed by atoms with Crippen LogP contribution in [-0.2, 0) is 0 Å². The van der Waals surface area contributed by atoms with Crippen LogP contribution in [-0.4, -0.2) is 10.8 Å². The van der Waals surface area contributed by atoms with E-state index in [1.54, 1.807) is 13.8 Å². The molecule has 0 fully saturated rings. The smallest absolute Gasteiger partial charge is 0.183 e. The first-order chi connectivity index (χ1) is 4.52. The Morgan fingerprint density at radius 1 is 1.60 bits per heavy atom. The summed E-state index contributed by atoms with van der Waals surface area (Å²) in [4.78, 5) is 3.92. The van der Waals surface area contributed by atoms with E-state index in [-0.39, 0.29) is 5.88 Å². The van der Waals surface area contributed by atoms with Crippen molar-refractivity contribution in [3.63, 3.8) is 0 Å². The van der Waals surface area contributed by atoms with E-state index in [2.05, 4.69) is 11.6 Å². The van der Waals surface area contributed by atoms with Crippen LogP contribution >= 0.6 is 0 Å². The van der Waals surface area contributed by atoms with E-state index in [1.165, 1.54) is 6.08 Å². The van der Waals surface area contributed by atoms with Crippen molar-refractivity contribution in [1.82, 2.24) is 0 Å². The maximum absolute atomic E-state index is 8.56. The molecule has 0 aliphatic heterocycles. The summed E-state index contributed by atoms with van der Waals surface area (Å²) in [5.41, 5.74) is 6.31. The molecule has 10 heavy (non-hydrogen) atoms. The fourth-order valence-electron chi connectivity index (χ4n) is 0.547. The number of hydrogen-bond acceptors (Lipinski definition) is 3. The van der Waals surface area contributed by atoms with Crippen LogP contribution in [0.1, 0.15) is 13.8 Å². The van der Waals surface area contributed by atoms with Crippen LogP contribution in [0.4, 0.5) is 0 Å². The molecule has 0 radical (unpaired) electrons. The Balaban J connectivity index is 4.22. The van der Waals surface area contributed by atoms with Crippen molar-refractivity contribution < 1.29 is 5.11 Å². The second kappa shape index (κ2) is 3.71. The molecule has 0 spiro atoms. The molecule has 3 nitrogen and oxygen atoms in total. The molecule has 0 rings (SSSR count). The quantitative estimate of drug-likeness (QED) is 0.449. The largest absolute Gasteiger partial charge is 0.495 e. The van der Waals surface area contributed by atoms with E-state index < -0.39 is 0 Å². The molecule has 0 heterocycles. The van der Waals surface area contributed by atoms with Crippen molar-refractivity contribution in [3.05, 3.63) is 24.2 Å². The second-order valence-electron chi connectivity index (χ2n) is 2.06. The van der Waals surface area contributed by atoms with Gasteiger partial charge in [-0.25, -0.2) is 0 Å². The molecule has 0 amide bonds. The Kier molecular flexibility index (Phi) is 3.25. The summed E-state index contributed by atoms with van der Waals surface area (Å²) >= 11 is 0. The molecular weight excluding hydrogens is 128 g/mol. The molecule has 0 saturated heterocycles. The van der Waals surface area contributed by atoms with Crippen molar-refractivity contribution in [2.75, 3.05) is 0 Å². The molecule has 0 saturated carbocycles. The number of allylic oxidation sites excluding steroid dienone is 2. The number of rotatable bonds is 2. The van der Waals surface area contributed by atoms with Crippen molar-refractivity contribution in [3.8, 4) is 0 Å². The lowest BCUT2D eigenvalue weighted by molar-refractivity contribution is 0.406. The SMILES string of the molecule is C=C(C)/N=C(C)\C=C(/N)O. The third-order valence-corrected chi connectivity index (χ3v) is 0.724. The molecule has 0 aromatic rings. The molecule has 0 aromatic heterocycles. The predicted molar refractivity (Wildman–Crippen MR) is 42.8 cm³/mol. The van der Waals surface area contributed by atoms with Gasteiger partial charge in [-0.05, 0) is 13.8 Å². The number of aliphatic imine (C=N–C) groups is 1. The van der Waals surface area contributed by atoms with Crippen molar-refractivity contribution in [1.29, 1.82) is 0 Å². The van der Waals surface area contributed by atoms with Crippen LogP contribution in [0.15, 0.2) is 29.2 Å². The summed E-state index contributed by atoms with van der Waals surface area (Å²) in [7, 11) is 0. The van der Waals surface area contributed by atoms with Crippen LogP contribution in [0.3, 0.4) is 0 Å². The highest BCUT2D eigenvalue weighted by Gasteiger charge is 1.86. The molecule has 3 N–H and O–H groups in total. The van der Waals surface area contributed by atoms with E-state index in [0.29, 0.717) is 11.4 Å². The van der Waals surface area contributed by atoms with Gasteiger partial charge in [-0.1, -0.05) is 6.58 Å². The molecular formula is C7H12N2O. The normalized spacial score (nSPS) is 13.4. The third kappa shape index (κ3) is 4.90. The molecule has 0 atom stereocenters. The van der Waals surface area contributed by atoms with Gasteiger partial charge < -0.3 is 10.8 Å². The van der Waals surface area contributed by atoms with Gasteiger partial charge in [0.05, 0.1) is 0 Å². The van der Waals surface area contributed by atoms with Crippen LogP contribution < -0.4 is 5.73 Å². The molecule has 0 unspecified atom stereocenters. The lowest BCUT2D eigenvalue weighted by Crippen LogP contribution is -1.98. The molecule has 0 bridgehead atoms. The first kappa shape index (κ1) is 8.75. The second-order valence-corrected chi connectivity index (χ2v) is 2.06. The minimum atomic E-state index is -0.234. The highest BCUT2D eigenvalue weighted by molar-refractivity contribution is 5.93. The molecule has 0 aliphatic rings. The molecule has 0 aromatic carbocycles. The van der Waals surface area contributed by atoms with Crippen LogP contribution in [0.2, 0.25) is 0 Å². The highest BCUT2D eigenvalue weighted by Crippen LogP contribution is 1.91. The van der Waals surface area contributed by atoms with E-state index in [0.717, 1.165) is 0 Å². The minimum Gasteiger partial charge on any atom is -0.495 e. The number of aliphatic hydroxyl groups excluding tert-OH is 1. The van der Waals surface area contributed by atoms with Crippen LogP contribution in [0.25, 0.3) is 0 Å². The van der Waals surface area contributed by atoms with Crippen LogP contribution in [0.5, 0.6) is 0 Å². The maximum Gasteiger partial charge on any atom is 0.183 e. The third-order valence-electron chi connectivity index (χ3n) is 0.724. The molecule has 3 heteroatoms. The number of hydrogen-bond donors (Lipinski definition) is 2. The summed E-state index contributed by atoms with van der Waals surface area (Å²) in [6.07, 6.45) is 1.37. The van der Waals surface area contributed by atoms with Gasteiger partial charge in [0.15, 0.2) is 5.88 Å². The zero-order chi connectivity index (χ0) is 8.15. The molecule has 0 aliphatic carbocycles. The van der Waals surface area contributed by atoms with E-state index >= 15 is 0 Å². The van der Waals surface area contributed by atoms with Gasteiger partial charge >= 0.3 is 0 Å². The highest BCUT2D eigenvalue weighted by atomic mass is 16.3. The predicted octanol–water partition coefficient (Wildman–Crippen LogP) is 1.34. The van der Waals surface area contributed by atoms with Gasteiger partial charge in [-0.15, -0.1) is 0 Å². The first-order valence-electron chi connectivity index (χ1n) is 2.89. The average Bonchev–Trinajstić information content (AvgIpc) is 1.58. The monoisotopic (exact) mass is 140 g/mol. The van der Waals surface area contributed by atoms with Crippen molar-refractivity contribution in [2.45, 2.75) is 13.8 Å². The Hall–Kier alpha value is -1.25. The van der Waals surface area contributed by atoms with E-state index in [1.807, 2.05) is 0 Å². The lowest BCUT2D eigenvalue weighted by atomic mass is 10.4. The van der Waals surface area contributed by atoms with Crippen LogP contribution in [0, 0.1) is 0 Å². The fraction of sp³-hybridized carbons (Fsp3) is 0.286. The number of aliphatic hydroxyl groups is 1. The number of nitrogens with zero attached hydrogens (tertiary/aromatic N) is 1. The van der Waals surface area contributed by atoms with Gasteiger partial charge in [0.2, 0.25) is 0 Å². The minimum absolute atomic E-state index is 0.234. The van der Waals surface area contributed by atoms with Crippen molar-refractivity contribution >= 4 is 5.71 Å². The van der Waals surface area contributed by atoms with E-state index in [9.17, 15) is 0 Å². The zero-order valence-corrected chi connectivity index (χ0v) is 6.26. The summed E-state index contributed by atoms with van der Waals surface area (Å²) < 4.78 is 0. The Morgan fingerprint density at radius 2 is 2.10 bits per heavy atom. The van der Waals surface area contributed by atoms with Gasteiger partial charge in [0, 0.05) is 17.5 Å². The maximum atomic E-state index is 8.56. The summed E-state index contributed by atoms with van der Waals surface area (Å²) in [5.74, 6) is -0.234. The Bertz CT molecular complexity index is 188.